The molecule has 0 spiro atoms. The van der Waals surface area contributed by atoms with Gasteiger partial charge in [0.1, 0.15) is 17.1 Å². The summed E-state index contributed by atoms with van der Waals surface area (Å²) < 4.78 is 5.27. The second-order valence-electron chi connectivity index (χ2n) is 4.37. The van der Waals surface area contributed by atoms with Crippen molar-refractivity contribution in [3.05, 3.63) is 58.1 Å². The lowest BCUT2D eigenvalue weighted by molar-refractivity contribution is -0.383. The second kappa shape index (κ2) is 6.60. The maximum Gasteiger partial charge on any atom is 0.315 e. The summed E-state index contributed by atoms with van der Waals surface area (Å²) in [7, 11) is 3.26. The highest BCUT2D eigenvalue weighted by atomic mass is 16.6. The highest BCUT2D eigenvalue weighted by Crippen LogP contribution is 2.33. The van der Waals surface area contributed by atoms with Crippen LogP contribution in [0, 0.1) is 10.1 Å². The molecule has 0 aliphatic rings. The van der Waals surface area contributed by atoms with E-state index in [4.69, 9.17) is 4.74 Å². The smallest absolute Gasteiger partial charge is 0.315 e. The molecule has 2 aromatic rings. The van der Waals surface area contributed by atoms with Crippen molar-refractivity contribution in [1.29, 1.82) is 0 Å². The van der Waals surface area contributed by atoms with E-state index in [1.54, 1.807) is 32.4 Å². The first-order valence-electron chi connectivity index (χ1n) is 6.48. The number of hydrogen-bond donors (Lipinski definition) is 2. The Bertz CT molecular complexity index is 644. The van der Waals surface area contributed by atoms with Crippen LogP contribution >= 0.6 is 0 Å². The van der Waals surface area contributed by atoms with E-state index >= 15 is 0 Å². The number of nitrogens with one attached hydrogen (secondary N) is 2. The van der Waals surface area contributed by atoms with E-state index in [1.807, 2.05) is 24.3 Å². The topological polar surface area (TPSA) is 76.4 Å². The first-order valence-corrected chi connectivity index (χ1v) is 6.48. The average Bonchev–Trinajstić information content (AvgIpc) is 2.52. The number of anilines is 2. The van der Waals surface area contributed by atoms with Gasteiger partial charge in [0.05, 0.1) is 12.0 Å². The summed E-state index contributed by atoms with van der Waals surface area (Å²) >= 11 is 0. The molecule has 0 amide bonds. The van der Waals surface area contributed by atoms with Gasteiger partial charge in [-0.05, 0) is 18.2 Å². The maximum atomic E-state index is 11.2. The SMILES string of the molecule is CNc1cccc(NCc2ccccc2OC)c1[N+](=O)[O-]. The summed E-state index contributed by atoms with van der Waals surface area (Å²) in [5, 5.41) is 17.2. The molecule has 0 aliphatic carbocycles. The number of nitro benzene ring substituents is 1. The van der Waals surface area contributed by atoms with Crippen LogP contribution in [0.15, 0.2) is 42.5 Å². The molecular weight excluding hydrogens is 270 g/mol. The second-order valence-corrected chi connectivity index (χ2v) is 4.37. The minimum Gasteiger partial charge on any atom is -0.496 e. The largest absolute Gasteiger partial charge is 0.496 e. The van der Waals surface area contributed by atoms with Crippen LogP contribution < -0.4 is 15.4 Å². The number of benzene rings is 2. The van der Waals surface area contributed by atoms with Gasteiger partial charge in [-0.15, -0.1) is 0 Å². The van der Waals surface area contributed by atoms with Crippen LogP contribution in [0.25, 0.3) is 0 Å². The first-order chi connectivity index (χ1) is 10.2. The normalized spacial score (nSPS) is 10.0. The summed E-state index contributed by atoms with van der Waals surface area (Å²) in [6.45, 7) is 0.442. The van der Waals surface area contributed by atoms with Gasteiger partial charge in [0, 0.05) is 19.2 Å². The quantitative estimate of drug-likeness (QED) is 0.630. The van der Waals surface area contributed by atoms with E-state index in [9.17, 15) is 10.1 Å². The minimum absolute atomic E-state index is 0.0369. The van der Waals surface area contributed by atoms with Crippen LogP contribution in [0.4, 0.5) is 17.1 Å². The van der Waals surface area contributed by atoms with E-state index < -0.39 is 4.92 Å². The molecule has 2 rings (SSSR count). The Balaban J connectivity index is 2.26. The predicted molar refractivity (Wildman–Crippen MR) is 83.0 cm³/mol. The fraction of sp³-hybridized carbons (Fsp3) is 0.200. The molecule has 0 heterocycles. The van der Waals surface area contributed by atoms with Gasteiger partial charge in [-0.3, -0.25) is 10.1 Å². The molecule has 0 saturated carbocycles. The lowest BCUT2D eigenvalue weighted by atomic mass is 10.2. The standard InChI is InChI=1S/C15H17N3O3/c1-16-12-7-5-8-13(15(12)18(19)20)17-10-11-6-3-4-9-14(11)21-2/h3-9,16-17H,10H2,1-2H3. The summed E-state index contributed by atoms with van der Waals surface area (Å²) in [4.78, 5) is 10.8. The van der Waals surface area contributed by atoms with E-state index in [2.05, 4.69) is 10.6 Å². The molecule has 21 heavy (non-hydrogen) atoms. The molecule has 6 nitrogen and oxygen atoms in total. The Morgan fingerprint density at radius 3 is 2.52 bits per heavy atom. The number of nitro groups is 1. The number of rotatable bonds is 6. The molecular formula is C15H17N3O3. The average molecular weight is 287 g/mol. The number of methoxy groups -OCH3 is 1. The monoisotopic (exact) mass is 287 g/mol. The van der Waals surface area contributed by atoms with Gasteiger partial charge in [-0.25, -0.2) is 0 Å². The van der Waals surface area contributed by atoms with Gasteiger partial charge in [0.2, 0.25) is 0 Å². The zero-order valence-electron chi connectivity index (χ0n) is 11.9. The van der Waals surface area contributed by atoms with Crippen molar-refractivity contribution >= 4 is 17.1 Å². The third kappa shape index (κ3) is 3.22. The summed E-state index contributed by atoms with van der Waals surface area (Å²) in [6.07, 6.45) is 0. The Hall–Kier alpha value is -2.76. The molecule has 110 valence electrons. The van der Waals surface area contributed by atoms with Crippen molar-refractivity contribution in [3.8, 4) is 5.75 Å². The number of nitrogens with zero attached hydrogens (tertiary/aromatic N) is 1. The van der Waals surface area contributed by atoms with E-state index in [1.165, 1.54) is 0 Å². The molecule has 0 aromatic heterocycles. The molecule has 6 heteroatoms. The zero-order valence-corrected chi connectivity index (χ0v) is 11.9. The lowest BCUT2D eigenvalue weighted by Gasteiger charge is -2.12. The fourth-order valence-corrected chi connectivity index (χ4v) is 2.12. The number of hydrogen-bond acceptors (Lipinski definition) is 5. The van der Waals surface area contributed by atoms with Crippen molar-refractivity contribution in [1.82, 2.24) is 0 Å². The van der Waals surface area contributed by atoms with Crippen LogP contribution in [-0.2, 0) is 6.54 Å². The van der Waals surface area contributed by atoms with Gasteiger partial charge >= 0.3 is 5.69 Å². The van der Waals surface area contributed by atoms with Gasteiger partial charge in [0.25, 0.3) is 0 Å². The van der Waals surface area contributed by atoms with Crippen molar-refractivity contribution in [3.63, 3.8) is 0 Å². The summed E-state index contributed by atoms with van der Waals surface area (Å²) in [6, 6.07) is 12.7. The Morgan fingerprint density at radius 1 is 1.14 bits per heavy atom. The highest BCUT2D eigenvalue weighted by molar-refractivity contribution is 5.76. The van der Waals surface area contributed by atoms with E-state index in [0.717, 1.165) is 11.3 Å². The summed E-state index contributed by atoms with van der Waals surface area (Å²) in [5.74, 6) is 0.748. The van der Waals surface area contributed by atoms with Crippen LogP contribution in [0.1, 0.15) is 5.56 Å². The van der Waals surface area contributed by atoms with Gasteiger partial charge in [-0.2, -0.15) is 0 Å². The van der Waals surface area contributed by atoms with Crippen molar-refractivity contribution in [2.45, 2.75) is 6.54 Å². The maximum absolute atomic E-state index is 11.2. The van der Waals surface area contributed by atoms with Gasteiger partial charge < -0.3 is 15.4 Å². The van der Waals surface area contributed by atoms with Crippen molar-refractivity contribution in [2.24, 2.45) is 0 Å². The predicted octanol–water partition coefficient (Wildman–Crippen LogP) is 3.26. The third-order valence-electron chi connectivity index (χ3n) is 3.15. The fourth-order valence-electron chi connectivity index (χ4n) is 2.12. The molecule has 0 aliphatic heterocycles. The molecule has 0 radical (unpaired) electrons. The Labute approximate surface area is 122 Å². The Kier molecular flexibility index (Phi) is 4.61. The van der Waals surface area contributed by atoms with Crippen LogP contribution in [-0.4, -0.2) is 19.1 Å². The van der Waals surface area contributed by atoms with E-state index in [0.29, 0.717) is 17.9 Å². The van der Waals surface area contributed by atoms with Gasteiger partial charge in [-0.1, -0.05) is 24.3 Å². The lowest BCUT2D eigenvalue weighted by Crippen LogP contribution is -2.05. The highest BCUT2D eigenvalue weighted by Gasteiger charge is 2.18. The molecule has 0 atom stereocenters. The first kappa shape index (κ1) is 14.6. The molecule has 2 aromatic carbocycles. The number of para-hydroxylation sites is 2. The molecule has 0 bridgehead atoms. The van der Waals surface area contributed by atoms with E-state index in [-0.39, 0.29) is 5.69 Å². The van der Waals surface area contributed by atoms with Crippen LogP contribution in [0.5, 0.6) is 5.75 Å². The van der Waals surface area contributed by atoms with Crippen LogP contribution in [0.3, 0.4) is 0 Å². The molecule has 0 unspecified atom stereocenters. The number of ether oxygens (including phenoxy) is 1. The van der Waals surface area contributed by atoms with Crippen molar-refractivity contribution < 1.29 is 9.66 Å². The van der Waals surface area contributed by atoms with Crippen LogP contribution in [0.2, 0.25) is 0 Å². The third-order valence-corrected chi connectivity index (χ3v) is 3.15. The Morgan fingerprint density at radius 2 is 1.86 bits per heavy atom. The summed E-state index contributed by atoms with van der Waals surface area (Å²) in [5.41, 5.74) is 1.92. The van der Waals surface area contributed by atoms with Crippen molar-refractivity contribution in [2.75, 3.05) is 24.8 Å². The molecule has 2 N–H and O–H groups in total. The molecule has 0 fully saturated rings. The van der Waals surface area contributed by atoms with Gasteiger partial charge in [0.15, 0.2) is 0 Å². The zero-order chi connectivity index (χ0) is 15.2. The molecule has 0 saturated heterocycles. The minimum atomic E-state index is -0.392.